The highest BCUT2D eigenvalue weighted by Gasteiger charge is 2.31. The summed E-state index contributed by atoms with van der Waals surface area (Å²) in [4.78, 5) is 28.9. The summed E-state index contributed by atoms with van der Waals surface area (Å²) in [5.74, 6) is 0.518. The number of anilines is 2. The maximum atomic E-state index is 14.8. The molecule has 0 spiro atoms. The predicted molar refractivity (Wildman–Crippen MR) is 148 cm³/mol. The highest BCUT2D eigenvalue weighted by Crippen LogP contribution is 2.44. The Bertz CT molecular complexity index is 1810. The molecule has 3 aliphatic rings. The number of carbonyl (C=O) groups excluding carboxylic acids is 1. The van der Waals surface area contributed by atoms with Crippen molar-refractivity contribution in [2.75, 3.05) is 30.4 Å². The first kappa shape index (κ1) is 25.8. The second kappa shape index (κ2) is 10.0. The molecule has 1 fully saturated rings. The molecule has 1 aliphatic carbocycles. The Morgan fingerprint density at radius 1 is 1.10 bits per heavy atom. The molecule has 0 unspecified atom stereocenters. The Kier molecular flexibility index (Phi) is 6.31. The number of nitrogens with zero attached hydrogens (tertiary/aromatic N) is 4. The third-order valence-electron chi connectivity index (χ3n) is 7.48. The zero-order chi connectivity index (χ0) is 28.1. The van der Waals surface area contributed by atoms with E-state index in [9.17, 15) is 17.6 Å². The van der Waals surface area contributed by atoms with E-state index >= 15 is 0 Å². The van der Waals surface area contributed by atoms with Crippen LogP contribution in [0.3, 0.4) is 0 Å². The molecule has 7 rings (SSSR count). The third-order valence-corrected chi connectivity index (χ3v) is 9.24. The van der Waals surface area contributed by atoms with Gasteiger partial charge >= 0.3 is 0 Å². The van der Waals surface area contributed by atoms with Crippen molar-refractivity contribution in [2.24, 2.45) is 0 Å². The van der Waals surface area contributed by atoms with Crippen molar-refractivity contribution < 1.29 is 27.1 Å². The quantitative estimate of drug-likeness (QED) is 0.378. The van der Waals surface area contributed by atoms with Crippen molar-refractivity contribution in [1.82, 2.24) is 20.3 Å². The lowest BCUT2D eigenvalue weighted by atomic mass is 10.1. The lowest BCUT2D eigenvalue weighted by Gasteiger charge is -2.30. The molecule has 0 bridgehead atoms. The van der Waals surface area contributed by atoms with Gasteiger partial charge in [-0.3, -0.25) is 9.78 Å². The number of hydrogen-bond donors (Lipinski definition) is 1. The fourth-order valence-corrected chi connectivity index (χ4v) is 6.50. The van der Waals surface area contributed by atoms with Gasteiger partial charge in [0, 0.05) is 28.8 Å². The molecule has 0 atom stereocenters. The number of pyridine rings is 3. The average molecular weight is 576 g/mol. The minimum atomic E-state index is -3.53. The van der Waals surface area contributed by atoms with Gasteiger partial charge in [0.1, 0.15) is 12.4 Å². The summed E-state index contributed by atoms with van der Waals surface area (Å²) in [7, 11) is -3.53. The summed E-state index contributed by atoms with van der Waals surface area (Å²) >= 11 is 0. The summed E-state index contributed by atoms with van der Waals surface area (Å²) in [5.41, 5.74) is 2.76. The fourth-order valence-electron chi connectivity index (χ4n) is 5.11. The standard InChI is InChI=1S/C29H26FN5O5S/c30-22-13-24(17-1-2-17)34-28-27(22)40-8-7-35(28)26-6-5-19-14-31-21(12-23(19)33-26)15-32-29(36)18-3-4-20-16-39-9-10-41(37,38)25(20)11-18/h3-6,11-14,17H,1-2,7-10,15-16H2,(H,32,36). The monoisotopic (exact) mass is 575 g/mol. The number of benzene rings is 1. The van der Waals surface area contributed by atoms with Crippen LogP contribution in [0.2, 0.25) is 0 Å². The van der Waals surface area contributed by atoms with E-state index in [1.807, 2.05) is 17.0 Å². The second-order valence-corrected chi connectivity index (χ2v) is 12.4. The molecule has 5 heterocycles. The number of fused-ring (bicyclic) bond motifs is 3. The van der Waals surface area contributed by atoms with E-state index in [0.29, 0.717) is 41.6 Å². The highest BCUT2D eigenvalue weighted by molar-refractivity contribution is 7.91. The van der Waals surface area contributed by atoms with E-state index in [0.717, 1.165) is 23.9 Å². The van der Waals surface area contributed by atoms with Gasteiger partial charge in [-0.2, -0.15) is 0 Å². The number of amides is 1. The zero-order valence-corrected chi connectivity index (χ0v) is 22.8. The van der Waals surface area contributed by atoms with Crippen LogP contribution in [0.5, 0.6) is 5.75 Å². The van der Waals surface area contributed by atoms with E-state index in [2.05, 4.69) is 10.3 Å². The van der Waals surface area contributed by atoms with E-state index < -0.39 is 21.6 Å². The smallest absolute Gasteiger partial charge is 0.251 e. The van der Waals surface area contributed by atoms with E-state index in [1.165, 1.54) is 12.1 Å². The molecule has 4 aromatic rings. The first-order chi connectivity index (χ1) is 19.9. The maximum Gasteiger partial charge on any atom is 0.251 e. The Balaban J connectivity index is 1.12. The SMILES string of the molecule is O=C(NCc1cc2nc(N3CCOc4c(F)cc(C5CC5)nc43)ccc2cn1)c1ccc2c(c1)S(=O)(=O)CCOC2. The Morgan fingerprint density at radius 3 is 2.83 bits per heavy atom. The van der Waals surface area contributed by atoms with Gasteiger partial charge < -0.3 is 19.7 Å². The van der Waals surface area contributed by atoms with Crippen LogP contribution in [0.25, 0.3) is 10.9 Å². The molecule has 41 heavy (non-hydrogen) atoms. The largest absolute Gasteiger partial charge is 0.485 e. The van der Waals surface area contributed by atoms with Crippen molar-refractivity contribution in [2.45, 2.75) is 36.8 Å². The molecule has 0 saturated heterocycles. The van der Waals surface area contributed by atoms with Crippen molar-refractivity contribution in [3.8, 4) is 5.75 Å². The molecule has 10 nitrogen and oxygen atoms in total. The molecule has 1 amide bonds. The second-order valence-electron chi connectivity index (χ2n) is 10.4. The van der Waals surface area contributed by atoms with Crippen LogP contribution in [0, 0.1) is 5.82 Å². The van der Waals surface area contributed by atoms with Gasteiger partial charge in [-0.15, -0.1) is 0 Å². The molecular formula is C29H26FN5O5S. The molecule has 12 heteroatoms. The summed E-state index contributed by atoms with van der Waals surface area (Å²) in [6, 6.07) is 11.6. The molecule has 210 valence electrons. The molecule has 1 N–H and O–H groups in total. The number of halogens is 1. The molecule has 1 saturated carbocycles. The van der Waals surface area contributed by atoms with Gasteiger partial charge in [-0.1, -0.05) is 6.07 Å². The first-order valence-electron chi connectivity index (χ1n) is 13.4. The Hall–Kier alpha value is -4.16. The number of aromatic nitrogens is 3. The van der Waals surface area contributed by atoms with Gasteiger partial charge in [0.15, 0.2) is 27.2 Å². The van der Waals surface area contributed by atoms with Crippen molar-refractivity contribution >= 4 is 38.3 Å². The summed E-state index contributed by atoms with van der Waals surface area (Å²) < 4.78 is 51.0. The van der Waals surface area contributed by atoms with Gasteiger partial charge in [0.2, 0.25) is 0 Å². The molecule has 0 radical (unpaired) electrons. The minimum absolute atomic E-state index is 0.117. The van der Waals surface area contributed by atoms with Crippen LogP contribution in [0.4, 0.5) is 16.0 Å². The van der Waals surface area contributed by atoms with Crippen LogP contribution in [-0.2, 0) is 27.7 Å². The van der Waals surface area contributed by atoms with Crippen LogP contribution in [0.15, 0.2) is 53.6 Å². The van der Waals surface area contributed by atoms with Gasteiger partial charge in [-0.25, -0.2) is 22.8 Å². The number of hydrogen-bond acceptors (Lipinski definition) is 9. The first-order valence-corrected chi connectivity index (χ1v) is 15.1. The predicted octanol–water partition coefficient (Wildman–Crippen LogP) is 3.81. The van der Waals surface area contributed by atoms with Crippen molar-refractivity contribution in [1.29, 1.82) is 0 Å². The van der Waals surface area contributed by atoms with Crippen LogP contribution < -0.4 is 15.0 Å². The topological polar surface area (TPSA) is 124 Å². The number of sulfone groups is 1. The van der Waals surface area contributed by atoms with Crippen LogP contribution >= 0.6 is 0 Å². The van der Waals surface area contributed by atoms with Crippen LogP contribution in [0.1, 0.15) is 46.1 Å². The lowest BCUT2D eigenvalue weighted by molar-refractivity contribution is 0.0950. The zero-order valence-electron chi connectivity index (χ0n) is 22.0. The van der Waals surface area contributed by atoms with E-state index in [1.54, 1.807) is 24.4 Å². The number of nitrogens with one attached hydrogen (secondary N) is 1. The normalized spacial score (nSPS) is 17.7. The fraction of sp³-hybridized carbons (Fsp3) is 0.310. The van der Waals surface area contributed by atoms with E-state index in [-0.39, 0.29) is 47.6 Å². The number of ether oxygens (including phenoxy) is 2. The van der Waals surface area contributed by atoms with Gasteiger partial charge in [0.05, 0.1) is 48.2 Å². The molecule has 1 aromatic carbocycles. The molecular weight excluding hydrogens is 549 g/mol. The van der Waals surface area contributed by atoms with Crippen LogP contribution in [-0.4, -0.2) is 54.8 Å². The highest BCUT2D eigenvalue weighted by atomic mass is 32.2. The average Bonchev–Trinajstić information content (AvgIpc) is 3.84. The summed E-state index contributed by atoms with van der Waals surface area (Å²) in [6.45, 7) is 1.21. The van der Waals surface area contributed by atoms with Gasteiger partial charge in [0.25, 0.3) is 5.91 Å². The maximum absolute atomic E-state index is 14.8. The van der Waals surface area contributed by atoms with E-state index in [4.69, 9.17) is 19.4 Å². The van der Waals surface area contributed by atoms with Gasteiger partial charge in [-0.05, 0) is 54.8 Å². The molecule has 3 aromatic heterocycles. The number of carbonyl (C=O) groups is 1. The van der Waals surface area contributed by atoms with Crippen molar-refractivity contribution in [3.63, 3.8) is 0 Å². The summed E-state index contributed by atoms with van der Waals surface area (Å²) in [5, 5.41) is 3.62. The van der Waals surface area contributed by atoms with Crippen molar-refractivity contribution in [3.05, 3.63) is 77.0 Å². The third kappa shape index (κ3) is 4.97. The molecule has 2 aliphatic heterocycles. The minimum Gasteiger partial charge on any atom is -0.485 e. The number of rotatable bonds is 5. The Labute approximate surface area is 235 Å². The summed E-state index contributed by atoms with van der Waals surface area (Å²) in [6.07, 6.45) is 3.69. The Morgan fingerprint density at radius 2 is 1.98 bits per heavy atom. The lowest BCUT2D eigenvalue weighted by Crippen LogP contribution is -2.31.